The zero-order valence-corrected chi connectivity index (χ0v) is 10.0. The van der Waals surface area contributed by atoms with Crippen molar-refractivity contribution in [3.63, 3.8) is 0 Å². The summed E-state index contributed by atoms with van der Waals surface area (Å²) in [6, 6.07) is 6.17. The summed E-state index contributed by atoms with van der Waals surface area (Å²) in [5.41, 5.74) is 3.60. The monoisotopic (exact) mass is 217 g/mol. The van der Waals surface area contributed by atoms with Gasteiger partial charge in [-0.15, -0.1) is 6.58 Å². The van der Waals surface area contributed by atoms with E-state index < -0.39 is 0 Å². The fraction of sp³-hybridized carbons (Fsp3) is 0.357. The van der Waals surface area contributed by atoms with Crippen molar-refractivity contribution >= 4 is 5.78 Å². The molecule has 0 saturated carbocycles. The highest BCUT2D eigenvalue weighted by Gasteiger charge is 2.03. The van der Waals surface area contributed by atoms with Gasteiger partial charge in [0.05, 0.1) is 6.54 Å². The molecule has 16 heavy (non-hydrogen) atoms. The first-order chi connectivity index (χ1) is 7.63. The number of nitrogens with one attached hydrogen (secondary N) is 1. The lowest BCUT2D eigenvalue weighted by Crippen LogP contribution is -2.24. The molecule has 0 saturated heterocycles. The number of ketones is 1. The molecule has 0 spiro atoms. The first kappa shape index (κ1) is 12.7. The van der Waals surface area contributed by atoms with Gasteiger partial charge in [0.15, 0.2) is 5.78 Å². The van der Waals surface area contributed by atoms with E-state index in [-0.39, 0.29) is 5.78 Å². The number of rotatable bonds is 6. The van der Waals surface area contributed by atoms with Crippen LogP contribution in [0.25, 0.3) is 0 Å². The van der Waals surface area contributed by atoms with Crippen LogP contribution in [0.3, 0.4) is 0 Å². The summed E-state index contributed by atoms with van der Waals surface area (Å²) in [7, 11) is 0. The number of hydrogen-bond donors (Lipinski definition) is 1. The average Bonchev–Trinajstić information content (AvgIpc) is 2.24. The van der Waals surface area contributed by atoms with Gasteiger partial charge in [-0.3, -0.25) is 4.79 Å². The largest absolute Gasteiger partial charge is 0.307 e. The van der Waals surface area contributed by atoms with Crippen LogP contribution in [0.5, 0.6) is 0 Å². The molecular weight excluding hydrogens is 198 g/mol. The van der Waals surface area contributed by atoms with Gasteiger partial charge in [0.2, 0.25) is 0 Å². The molecule has 0 amide bonds. The molecule has 0 atom stereocenters. The van der Waals surface area contributed by atoms with Crippen LogP contribution in [-0.2, 0) is 11.2 Å². The molecular formula is C14H19NO. The Bertz CT molecular complexity index is 382. The van der Waals surface area contributed by atoms with Crippen molar-refractivity contribution in [1.82, 2.24) is 5.32 Å². The Labute approximate surface area is 97.4 Å². The second-order valence-electron chi connectivity index (χ2n) is 4.05. The Morgan fingerprint density at radius 1 is 1.38 bits per heavy atom. The Morgan fingerprint density at radius 2 is 2.12 bits per heavy atom. The molecule has 86 valence electrons. The fourth-order valence-electron chi connectivity index (χ4n) is 1.52. The van der Waals surface area contributed by atoms with Crippen LogP contribution in [0, 0.1) is 13.8 Å². The van der Waals surface area contributed by atoms with E-state index in [2.05, 4.69) is 37.9 Å². The van der Waals surface area contributed by atoms with Crippen molar-refractivity contribution in [2.45, 2.75) is 20.3 Å². The SMILES string of the molecule is C=CCNCC(=O)Cc1ccc(C)c(C)c1. The topological polar surface area (TPSA) is 29.1 Å². The number of aryl methyl sites for hydroxylation is 2. The summed E-state index contributed by atoms with van der Waals surface area (Å²) in [5.74, 6) is 0.213. The minimum absolute atomic E-state index is 0.213. The van der Waals surface area contributed by atoms with E-state index >= 15 is 0 Å². The van der Waals surface area contributed by atoms with Crippen molar-refractivity contribution in [3.8, 4) is 0 Å². The molecule has 0 fully saturated rings. The van der Waals surface area contributed by atoms with Gasteiger partial charge < -0.3 is 5.32 Å². The molecule has 0 radical (unpaired) electrons. The third-order valence-electron chi connectivity index (χ3n) is 2.58. The molecule has 1 rings (SSSR count). The number of Topliss-reactive ketones (excluding diaryl/α,β-unsaturated/α-hetero) is 1. The second-order valence-corrected chi connectivity index (χ2v) is 4.05. The Morgan fingerprint density at radius 3 is 2.75 bits per heavy atom. The van der Waals surface area contributed by atoms with E-state index in [1.807, 2.05) is 6.07 Å². The molecule has 1 aromatic carbocycles. The quantitative estimate of drug-likeness (QED) is 0.584. The summed E-state index contributed by atoms with van der Waals surface area (Å²) in [6.45, 7) is 8.83. The van der Waals surface area contributed by atoms with Crippen LogP contribution < -0.4 is 5.32 Å². The zero-order chi connectivity index (χ0) is 12.0. The molecule has 2 nitrogen and oxygen atoms in total. The van der Waals surface area contributed by atoms with Crippen LogP contribution in [0.15, 0.2) is 30.9 Å². The molecule has 0 bridgehead atoms. The maximum atomic E-state index is 11.6. The lowest BCUT2D eigenvalue weighted by molar-refractivity contribution is -0.117. The number of carbonyl (C=O) groups excluding carboxylic acids is 1. The molecule has 0 aliphatic rings. The predicted molar refractivity (Wildman–Crippen MR) is 67.7 cm³/mol. The van der Waals surface area contributed by atoms with E-state index in [1.54, 1.807) is 6.08 Å². The van der Waals surface area contributed by atoms with Crippen LogP contribution in [-0.4, -0.2) is 18.9 Å². The van der Waals surface area contributed by atoms with E-state index in [0.717, 1.165) is 5.56 Å². The van der Waals surface area contributed by atoms with Gasteiger partial charge in [-0.05, 0) is 30.5 Å². The molecule has 0 aromatic heterocycles. The van der Waals surface area contributed by atoms with Gasteiger partial charge >= 0.3 is 0 Å². The van der Waals surface area contributed by atoms with Crippen molar-refractivity contribution in [2.75, 3.05) is 13.1 Å². The first-order valence-corrected chi connectivity index (χ1v) is 5.53. The average molecular weight is 217 g/mol. The van der Waals surface area contributed by atoms with Crippen molar-refractivity contribution < 1.29 is 4.79 Å². The molecule has 0 unspecified atom stereocenters. The molecule has 0 heterocycles. The third-order valence-corrected chi connectivity index (χ3v) is 2.58. The standard InChI is InChI=1S/C14H19NO/c1-4-7-15-10-14(16)9-13-6-5-11(2)12(3)8-13/h4-6,8,15H,1,7,9-10H2,2-3H3. The summed E-state index contributed by atoms with van der Waals surface area (Å²) in [4.78, 5) is 11.6. The lowest BCUT2D eigenvalue weighted by Gasteiger charge is -2.05. The molecule has 0 aliphatic carbocycles. The Kier molecular flexibility index (Phi) is 4.93. The van der Waals surface area contributed by atoms with Crippen LogP contribution in [0.4, 0.5) is 0 Å². The summed E-state index contributed by atoms with van der Waals surface area (Å²) >= 11 is 0. The lowest BCUT2D eigenvalue weighted by atomic mass is 10.0. The zero-order valence-electron chi connectivity index (χ0n) is 10.0. The minimum atomic E-state index is 0.213. The van der Waals surface area contributed by atoms with Gasteiger partial charge in [0.1, 0.15) is 0 Å². The maximum Gasteiger partial charge on any atom is 0.150 e. The van der Waals surface area contributed by atoms with Gasteiger partial charge in [-0.2, -0.15) is 0 Å². The van der Waals surface area contributed by atoms with Gasteiger partial charge in [0.25, 0.3) is 0 Å². The van der Waals surface area contributed by atoms with E-state index in [9.17, 15) is 4.79 Å². The number of benzene rings is 1. The smallest absolute Gasteiger partial charge is 0.150 e. The highest BCUT2D eigenvalue weighted by Crippen LogP contribution is 2.10. The van der Waals surface area contributed by atoms with E-state index in [1.165, 1.54) is 11.1 Å². The van der Waals surface area contributed by atoms with Crippen LogP contribution in [0.2, 0.25) is 0 Å². The summed E-state index contributed by atoms with van der Waals surface area (Å²) in [6.07, 6.45) is 2.26. The summed E-state index contributed by atoms with van der Waals surface area (Å²) < 4.78 is 0. The Hall–Kier alpha value is -1.41. The van der Waals surface area contributed by atoms with E-state index in [4.69, 9.17) is 0 Å². The third kappa shape index (κ3) is 3.99. The first-order valence-electron chi connectivity index (χ1n) is 5.53. The Balaban J connectivity index is 2.49. The minimum Gasteiger partial charge on any atom is -0.307 e. The highest BCUT2D eigenvalue weighted by molar-refractivity contribution is 5.82. The van der Waals surface area contributed by atoms with Gasteiger partial charge in [-0.1, -0.05) is 24.3 Å². The van der Waals surface area contributed by atoms with E-state index in [0.29, 0.717) is 19.5 Å². The number of carbonyl (C=O) groups is 1. The van der Waals surface area contributed by atoms with Crippen LogP contribution >= 0.6 is 0 Å². The molecule has 2 heteroatoms. The fourth-order valence-corrected chi connectivity index (χ4v) is 1.52. The molecule has 1 N–H and O–H groups in total. The predicted octanol–water partition coefficient (Wildman–Crippen LogP) is 2.19. The van der Waals surface area contributed by atoms with Gasteiger partial charge in [-0.25, -0.2) is 0 Å². The normalized spacial score (nSPS) is 10.1. The molecule has 1 aromatic rings. The van der Waals surface area contributed by atoms with Crippen molar-refractivity contribution in [3.05, 3.63) is 47.5 Å². The maximum absolute atomic E-state index is 11.6. The second kappa shape index (κ2) is 6.23. The van der Waals surface area contributed by atoms with Crippen molar-refractivity contribution in [2.24, 2.45) is 0 Å². The summed E-state index contributed by atoms with van der Waals surface area (Å²) in [5, 5.41) is 3.01. The van der Waals surface area contributed by atoms with Crippen molar-refractivity contribution in [1.29, 1.82) is 0 Å². The van der Waals surface area contributed by atoms with Gasteiger partial charge in [0, 0.05) is 13.0 Å². The molecule has 0 aliphatic heterocycles. The highest BCUT2D eigenvalue weighted by atomic mass is 16.1. The van der Waals surface area contributed by atoms with Crippen LogP contribution in [0.1, 0.15) is 16.7 Å². The number of hydrogen-bond acceptors (Lipinski definition) is 2.